The maximum atomic E-state index is 12.0. The van der Waals surface area contributed by atoms with Crippen LogP contribution < -0.4 is 15.9 Å². The average molecular weight is 380 g/mol. The molecular weight excluding hydrogens is 356 g/mol. The third kappa shape index (κ3) is 3.88. The summed E-state index contributed by atoms with van der Waals surface area (Å²) >= 11 is 0. The second kappa shape index (κ2) is 6.74. The van der Waals surface area contributed by atoms with Crippen LogP contribution in [-0.4, -0.2) is 28.2 Å². The van der Waals surface area contributed by atoms with E-state index in [-0.39, 0.29) is 5.69 Å². The molecule has 1 aromatic heterocycles. The third-order valence-corrected chi connectivity index (χ3v) is 4.67. The van der Waals surface area contributed by atoms with Crippen LogP contribution in [0.3, 0.4) is 0 Å². The predicted octanol–water partition coefficient (Wildman–Crippen LogP) is 3.77. The Balaban J connectivity index is 1.48. The Morgan fingerprint density at radius 2 is 1.93 bits per heavy atom. The molecule has 28 heavy (non-hydrogen) atoms. The highest BCUT2D eigenvalue weighted by atomic mass is 16.6. The van der Waals surface area contributed by atoms with E-state index >= 15 is 0 Å². The Kier molecular flexibility index (Phi) is 4.37. The molecule has 0 bridgehead atoms. The van der Waals surface area contributed by atoms with Gasteiger partial charge in [0.25, 0.3) is 0 Å². The number of H-pyrrole nitrogens is 2. The fourth-order valence-electron chi connectivity index (χ4n) is 3.53. The molecule has 146 valence electrons. The molecule has 0 unspecified atom stereocenters. The number of amides is 1. The third-order valence-electron chi connectivity index (χ3n) is 4.67. The molecule has 1 aliphatic rings. The minimum atomic E-state index is -0.525. The van der Waals surface area contributed by atoms with Gasteiger partial charge in [-0.05, 0) is 68.7 Å². The Hall–Kier alpha value is -3.22. The van der Waals surface area contributed by atoms with Crippen molar-refractivity contribution < 1.29 is 9.53 Å². The second-order valence-electron chi connectivity index (χ2n) is 8.10. The lowest BCUT2D eigenvalue weighted by atomic mass is 10.1. The van der Waals surface area contributed by atoms with E-state index in [1.165, 1.54) is 5.56 Å². The van der Waals surface area contributed by atoms with Crippen LogP contribution >= 0.6 is 0 Å². The zero-order chi connectivity index (χ0) is 19.9. The van der Waals surface area contributed by atoms with Crippen molar-refractivity contribution in [1.82, 2.24) is 9.97 Å². The number of ether oxygens (including phenoxy) is 1. The lowest BCUT2D eigenvalue weighted by molar-refractivity contribution is 0.0636. The van der Waals surface area contributed by atoms with E-state index in [1.807, 2.05) is 57.2 Å². The quantitative estimate of drug-likeness (QED) is 0.645. The van der Waals surface area contributed by atoms with E-state index in [1.54, 1.807) is 0 Å². The topological polar surface area (TPSA) is 90.2 Å². The number of hydrogen-bond acceptors (Lipinski definition) is 4. The molecule has 4 rings (SSSR count). The lowest BCUT2D eigenvalue weighted by Crippen LogP contribution is -2.27. The molecule has 7 heteroatoms. The van der Waals surface area contributed by atoms with Crippen LogP contribution in [-0.2, 0) is 17.7 Å². The SMILES string of the molecule is CC(C)(C)OC(=O)Nc1ccc2c(c1)CCN2Cc1ccc2[nH]c(=O)[nH]c2c1. The number of hydrogen-bond donors (Lipinski definition) is 3. The van der Waals surface area contributed by atoms with E-state index in [4.69, 9.17) is 4.74 Å². The van der Waals surface area contributed by atoms with Crippen LogP contribution in [0.1, 0.15) is 31.9 Å². The van der Waals surface area contributed by atoms with Crippen molar-refractivity contribution >= 4 is 28.5 Å². The zero-order valence-corrected chi connectivity index (χ0v) is 16.3. The summed E-state index contributed by atoms with van der Waals surface area (Å²) in [5, 5.41) is 2.80. The zero-order valence-electron chi connectivity index (χ0n) is 16.3. The summed E-state index contributed by atoms with van der Waals surface area (Å²) < 4.78 is 5.31. The summed E-state index contributed by atoms with van der Waals surface area (Å²) in [6, 6.07) is 11.9. The molecule has 0 spiro atoms. The maximum Gasteiger partial charge on any atom is 0.412 e. The molecule has 0 aliphatic carbocycles. The van der Waals surface area contributed by atoms with Gasteiger partial charge in [-0.15, -0.1) is 0 Å². The standard InChI is InChI=1S/C21H24N4O3/c1-21(2,3)28-20(27)22-15-5-7-18-14(11-15)8-9-25(18)12-13-4-6-16-17(10-13)24-19(26)23-16/h4-7,10-11H,8-9,12H2,1-3H3,(H,22,27)(H2,23,24,26). The second-order valence-corrected chi connectivity index (χ2v) is 8.10. The van der Waals surface area contributed by atoms with Gasteiger partial charge in [-0.2, -0.15) is 0 Å². The molecule has 2 heterocycles. The predicted molar refractivity (Wildman–Crippen MR) is 110 cm³/mol. The van der Waals surface area contributed by atoms with Gasteiger partial charge in [0.2, 0.25) is 0 Å². The first kappa shape index (κ1) is 18.2. The summed E-state index contributed by atoms with van der Waals surface area (Å²) in [6.07, 6.45) is 0.471. The normalized spacial score (nSPS) is 13.6. The minimum absolute atomic E-state index is 0.191. The van der Waals surface area contributed by atoms with E-state index in [0.29, 0.717) is 0 Å². The number of aromatic nitrogens is 2. The van der Waals surface area contributed by atoms with Crippen molar-refractivity contribution in [2.24, 2.45) is 0 Å². The largest absolute Gasteiger partial charge is 0.444 e. The molecule has 0 saturated carbocycles. The molecule has 7 nitrogen and oxygen atoms in total. The van der Waals surface area contributed by atoms with Gasteiger partial charge in [-0.25, -0.2) is 9.59 Å². The van der Waals surface area contributed by atoms with E-state index in [2.05, 4.69) is 20.2 Å². The van der Waals surface area contributed by atoms with Crippen molar-refractivity contribution in [3.05, 3.63) is 58.0 Å². The molecule has 0 radical (unpaired) electrons. The monoisotopic (exact) mass is 380 g/mol. The van der Waals surface area contributed by atoms with Crippen LogP contribution in [0.25, 0.3) is 11.0 Å². The van der Waals surface area contributed by atoms with Gasteiger partial charge in [0.05, 0.1) is 11.0 Å². The minimum Gasteiger partial charge on any atom is -0.444 e. The summed E-state index contributed by atoms with van der Waals surface area (Å²) in [5.74, 6) is 0. The number of anilines is 2. The van der Waals surface area contributed by atoms with Crippen molar-refractivity contribution in [3.8, 4) is 0 Å². The molecule has 0 atom stereocenters. The molecule has 1 amide bonds. The van der Waals surface area contributed by atoms with Gasteiger partial charge >= 0.3 is 11.8 Å². The number of fused-ring (bicyclic) bond motifs is 2. The first-order valence-corrected chi connectivity index (χ1v) is 9.36. The van der Waals surface area contributed by atoms with Gasteiger partial charge in [-0.1, -0.05) is 6.07 Å². The van der Waals surface area contributed by atoms with Crippen LogP contribution in [0.2, 0.25) is 0 Å². The summed E-state index contributed by atoms with van der Waals surface area (Å²) in [7, 11) is 0. The van der Waals surface area contributed by atoms with Crippen LogP contribution in [0.4, 0.5) is 16.2 Å². The molecule has 3 aromatic rings. The van der Waals surface area contributed by atoms with E-state index < -0.39 is 11.7 Å². The van der Waals surface area contributed by atoms with Crippen LogP contribution in [0.15, 0.2) is 41.2 Å². The van der Waals surface area contributed by atoms with Gasteiger partial charge in [-0.3, -0.25) is 5.32 Å². The molecule has 2 aromatic carbocycles. The van der Waals surface area contributed by atoms with Crippen molar-refractivity contribution in [2.45, 2.75) is 39.3 Å². The highest BCUT2D eigenvalue weighted by Crippen LogP contribution is 2.32. The number of aromatic amines is 2. The van der Waals surface area contributed by atoms with Gasteiger partial charge < -0.3 is 19.6 Å². The Bertz CT molecular complexity index is 1090. The molecular formula is C21H24N4O3. The average Bonchev–Trinajstić information content (AvgIpc) is 3.15. The fraction of sp³-hybridized carbons (Fsp3) is 0.333. The number of carbonyl (C=O) groups is 1. The number of benzene rings is 2. The number of carbonyl (C=O) groups excluding carboxylic acids is 1. The molecule has 3 N–H and O–H groups in total. The number of nitrogens with one attached hydrogen (secondary N) is 3. The Labute approximate surface area is 162 Å². The maximum absolute atomic E-state index is 12.0. The van der Waals surface area contributed by atoms with Crippen LogP contribution in [0, 0.1) is 0 Å². The van der Waals surface area contributed by atoms with E-state index in [9.17, 15) is 9.59 Å². The smallest absolute Gasteiger partial charge is 0.412 e. The highest BCUT2D eigenvalue weighted by molar-refractivity contribution is 5.85. The number of rotatable bonds is 3. The summed E-state index contributed by atoms with van der Waals surface area (Å²) in [6.45, 7) is 7.19. The van der Waals surface area contributed by atoms with Crippen molar-refractivity contribution in [1.29, 1.82) is 0 Å². The van der Waals surface area contributed by atoms with Crippen molar-refractivity contribution in [2.75, 3.05) is 16.8 Å². The number of imidazole rings is 1. The molecule has 0 fully saturated rings. The molecule has 1 aliphatic heterocycles. The first-order chi connectivity index (χ1) is 13.3. The fourth-order valence-corrected chi connectivity index (χ4v) is 3.53. The first-order valence-electron chi connectivity index (χ1n) is 9.36. The van der Waals surface area contributed by atoms with E-state index in [0.717, 1.165) is 47.5 Å². The van der Waals surface area contributed by atoms with Gasteiger partial charge in [0.1, 0.15) is 5.60 Å². The summed E-state index contributed by atoms with van der Waals surface area (Å²) in [5.41, 5.74) is 5.15. The lowest BCUT2D eigenvalue weighted by Gasteiger charge is -2.21. The molecule has 0 saturated heterocycles. The van der Waals surface area contributed by atoms with Crippen molar-refractivity contribution in [3.63, 3.8) is 0 Å². The highest BCUT2D eigenvalue weighted by Gasteiger charge is 2.21. The van der Waals surface area contributed by atoms with Crippen LogP contribution in [0.5, 0.6) is 0 Å². The summed E-state index contributed by atoms with van der Waals surface area (Å²) in [4.78, 5) is 31.3. The Morgan fingerprint density at radius 3 is 2.71 bits per heavy atom. The van der Waals surface area contributed by atoms with Gasteiger partial charge in [0.15, 0.2) is 0 Å². The Morgan fingerprint density at radius 1 is 1.14 bits per heavy atom. The van der Waals surface area contributed by atoms with Gasteiger partial charge in [0, 0.05) is 24.5 Å². The number of nitrogens with zero attached hydrogens (tertiary/aromatic N) is 1.